The summed E-state index contributed by atoms with van der Waals surface area (Å²) in [6.45, 7) is 2.13. The first kappa shape index (κ1) is 12.7. The first-order valence-corrected chi connectivity index (χ1v) is 7.69. The predicted molar refractivity (Wildman–Crippen MR) is 91.6 cm³/mol. The summed E-state index contributed by atoms with van der Waals surface area (Å²) in [6, 6.07) is 20.9. The van der Waals surface area contributed by atoms with Gasteiger partial charge in [-0.3, -0.25) is 0 Å². The number of furan rings is 1. The molecular formula is C19H13BrO. The lowest BCUT2D eigenvalue weighted by atomic mass is 10.0. The van der Waals surface area contributed by atoms with E-state index < -0.39 is 0 Å². The average Bonchev–Trinajstić information content (AvgIpc) is 2.86. The quantitative estimate of drug-likeness (QED) is 0.396. The number of aryl methyl sites for hydroxylation is 1. The van der Waals surface area contributed by atoms with Crippen LogP contribution in [0, 0.1) is 6.92 Å². The van der Waals surface area contributed by atoms with Gasteiger partial charge in [0.15, 0.2) is 0 Å². The van der Waals surface area contributed by atoms with Crippen molar-refractivity contribution < 1.29 is 4.42 Å². The smallest absolute Gasteiger partial charge is 0.135 e. The van der Waals surface area contributed by atoms with Crippen LogP contribution in [0.2, 0.25) is 0 Å². The standard InChI is InChI=1S/C19H13BrO/c1-12-4-2-7-18-19(12)16-11-14(8-9-17(16)21-18)13-5-3-6-15(20)10-13/h2-11H,1H3. The normalized spacial score (nSPS) is 11.3. The maximum Gasteiger partial charge on any atom is 0.135 e. The van der Waals surface area contributed by atoms with Crippen molar-refractivity contribution in [3.05, 3.63) is 70.7 Å². The second-order valence-electron chi connectivity index (χ2n) is 5.27. The summed E-state index contributed by atoms with van der Waals surface area (Å²) in [4.78, 5) is 0. The minimum atomic E-state index is 0.943. The molecule has 1 aromatic heterocycles. The Morgan fingerprint density at radius 2 is 1.62 bits per heavy atom. The van der Waals surface area contributed by atoms with Crippen molar-refractivity contribution in [3.8, 4) is 11.1 Å². The van der Waals surface area contributed by atoms with E-state index >= 15 is 0 Å². The molecule has 4 rings (SSSR count). The summed E-state index contributed by atoms with van der Waals surface area (Å²) in [5.41, 5.74) is 5.55. The van der Waals surface area contributed by atoms with Gasteiger partial charge in [-0.25, -0.2) is 0 Å². The molecule has 0 bridgehead atoms. The van der Waals surface area contributed by atoms with Crippen LogP contribution in [0.25, 0.3) is 33.1 Å². The molecule has 0 aliphatic rings. The van der Waals surface area contributed by atoms with Crippen molar-refractivity contribution in [2.45, 2.75) is 6.92 Å². The molecule has 102 valence electrons. The zero-order valence-electron chi connectivity index (χ0n) is 11.6. The average molecular weight is 337 g/mol. The highest BCUT2D eigenvalue weighted by atomic mass is 79.9. The van der Waals surface area contributed by atoms with Crippen molar-refractivity contribution in [2.24, 2.45) is 0 Å². The summed E-state index contributed by atoms with van der Waals surface area (Å²) >= 11 is 3.53. The van der Waals surface area contributed by atoms with Crippen LogP contribution >= 0.6 is 15.9 Å². The van der Waals surface area contributed by atoms with Gasteiger partial charge in [-0.1, -0.05) is 46.3 Å². The molecule has 0 saturated carbocycles. The van der Waals surface area contributed by atoms with Crippen LogP contribution in [-0.2, 0) is 0 Å². The Labute approximate surface area is 131 Å². The fourth-order valence-electron chi connectivity index (χ4n) is 2.85. The first-order chi connectivity index (χ1) is 10.2. The molecule has 2 heteroatoms. The van der Waals surface area contributed by atoms with Crippen molar-refractivity contribution in [1.82, 2.24) is 0 Å². The lowest BCUT2D eigenvalue weighted by Crippen LogP contribution is -1.78. The molecule has 1 nitrogen and oxygen atoms in total. The van der Waals surface area contributed by atoms with Crippen LogP contribution in [0.3, 0.4) is 0 Å². The molecule has 4 aromatic rings. The predicted octanol–water partition coefficient (Wildman–Crippen LogP) is 6.32. The molecule has 0 spiro atoms. The van der Waals surface area contributed by atoms with Gasteiger partial charge in [0.05, 0.1) is 0 Å². The van der Waals surface area contributed by atoms with Crippen molar-refractivity contribution >= 4 is 37.9 Å². The Kier molecular flexibility index (Phi) is 2.86. The maximum atomic E-state index is 5.94. The molecule has 0 aliphatic heterocycles. The van der Waals surface area contributed by atoms with Gasteiger partial charge in [-0.15, -0.1) is 0 Å². The number of halogens is 1. The van der Waals surface area contributed by atoms with Crippen molar-refractivity contribution in [2.75, 3.05) is 0 Å². The third kappa shape index (κ3) is 2.07. The summed E-state index contributed by atoms with van der Waals surface area (Å²) in [6.07, 6.45) is 0. The van der Waals surface area contributed by atoms with E-state index in [-0.39, 0.29) is 0 Å². The monoisotopic (exact) mass is 336 g/mol. The molecule has 0 radical (unpaired) electrons. The number of benzene rings is 3. The molecule has 3 aromatic carbocycles. The third-order valence-electron chi connectivity index (χ3n) is 3.86. The maximum absolute atomic E-state index is 5.94. The number of fused-ring (bicyclic) bond motifs is 3. The molecule has 1 heterocycles. The summed E-state index contributed by atoms with van der Waals surface area (Å²) in [7, 11) is 0. The van der Waals surface area contributed by atoms with Crippen molar-refractivity contribution in [3.63, 3.8) is 0 Å². The van der Waals surface area contributed by atoms with E-state index in [0.717, 1.165) is 15.6 Å². The van der Waals surface area contributed by atoms with Gasteiger partial charge >= 0.3 is 0 Å². The molecule has 0 atom stereocenters. The lowest BCUT2D eigenvalue weighted by molar-refractivity contribution is 0.669. The SMILES string of the molecule is Cc1cccc2oc3ccc(-c4cccc(Br)c4)cc3c12. The Balaban J connectivity index is 2.03. The number of hydrogen-bond acceptors (Lipinski definition) is 1. The minimum Gasteiger partial charge on any atom is -0.456 e. The minimum absolute atomic E-state index is 0.943. The topological polar surface area (TPSA) is 13.1 Å². The first-order valence-electron chi connectivity index (χ1n) is 6.90. The Morgan fingerprint density at radius 3 is 2.48 bits per heavy atom. The second-order valence-corrected chi connectivity index (χ2v) is 6.19. The van der Waals surface area contributed by atoms with Crippen LogP contribution in [0.15, 0.2) is 69.6 Å². The second kappa shape index (κ2) is 4.74. The Hall–Kier alpha value is -2.06. The van der Waals surface area contributed by atoms with Crippen LogP contribution in [0.1, 0.15) is 5.56 Å². The van der Waals surface area contributed by atoms with Gasteiger partial charge in [0, 0.05) is 15.2 Å². The van der Waals surface area contributed by atoms with E-state index in [1.54, 1.807) is 0 Å². The lowest BCUT2D eigenvalue weighted by Gasteiger charge is -2.03. The van der Waals surface area contributed by atoms with Crippen LogP contribution in [-0.4, -0.2) is 0 Å². The summed E-state index contributed by atoms with van der Waals surface area (Å²) < 4.78 is 7.03. The highest BCUT2D eigenvalue weighted by molar-refractivity contribution is 9.10. The van der Waals surface area contributed by atoms with Gasteiger partial charge in [0.2, 0.25) is 0 Å². The zero-order chi connectivity index (χ0) is 14.4. The number of hydrogen-bond donors (Lipinski definition) is 0. The van der Waals surface area contributed by atoms with Gasteiger partial charge in [-0.05, 0) is 53.9 Å². The molecule has 0 aliphatic carbocycles. The highest BCUT2D eigenvalue weighted by Crippen LogP contribution is 2.34. The van der Waals surface area contributed by atoms with Gasteiger partial charge in [0.25, 0.3) is 0 Å². The van der Waals surface area contributed by atoms with E-state index in [0.29, 0.717) is 0 Å². The molecule has 0 saturated heterocycles. The molecule has 0 fully saturated rings. The van der Waals surface area contributed by atoms with Gasteiger partial charge in [0.1, 0.15) is 11.2 Å². The van der Waals surface area contributed by atoms with Crippen molar-refractivity contribution in [1.29, 1.82) is 0 Å². The van der Waals surface area contributed by atoms with Crippen LogP contribution in [0.5, 0.6) is 0 Å². The Morgan fingerprint density at radius 1 is 0.810 bits per heavy atom. The van der Waals surface area contributed by atoms with E-state index in [1.165, 1.54) is 27.5 Å². The largest absolute Gasteiger partial charge is 0.456 e. The number of rotatable bonds is 1. The molecule has 0 amide bonds. The third-order valence-corrected chi connectivity index (χ3v) is 4.35. The molecular weight excluding hydrogens is 324 g/mol. The summed E-state index contributed by atoms with van der Waals surface area (Å²) in [5.74, 6) is 0. The van der Waals surface area contributed by atoms with E-state index in [9.17, 15) is 0 Å². The van der Waals surface area contributed by atoms with Gasteiger partial charge in [-0.2, -0.15) is 0 Å². The van der Waals surface area contributed by atoms with E-state index in [4.69, 9.17) is 4.42 Å². The highest BCUT2D eigenvalue weighted by Gasteiger charge is 2.10. The molecule has 0 N–H and O–H groups in total. The van der Waals surface area contributed by atoms with E-state index in [1.807, 2.05) is 18.2 Å². The van der Waals surface area contributed by atoms with Gasteiger partial charge < -0.3 is 4.42 Å². The fourth-order valence-corrected chi connectivity index (χ4v) is 3.25. The Bertz CT molecular complexity index is 966. The molecule has 21 heavy (non-hydrogen) atoms. The zero-order valence-corrected chi connectivity index (χ0v) is 13.1. The summed E-state index contributed by atoms with van der Waals surface area (Å²) in [5, 5.41) is 2.39. The molecule has 0 unspecified atom stereocenters. The van der Waals surface area contributed by atoms with Crippen LogP contribution in [0.4, 0.5) is 0 Å². The fraction of sp³-hybridized carbons (Fsp3) is 0.0526. The van der Waals surface area contributed by atoms with Crippen LogP contribution < -0.4 is 0 Å². The van der Waals surface area contributed by atoms with E-state index in [2.05, 4.69) is 65.3 Å².